The highest BCUT2D eigenvalue weighted by Gasteiger charge is 2.55. The van der Waals surface area contributed by atoms with E-state index in [1.54, 1.807) is 4.52 Å². The Hall–Kier alpha value is -1.45. The third-order valence-corrected chi connectivity index (χ3v) is 6.49. The van der Waals surface area contributed by atoms with E-state index in [4.69, 9.17) is 4.74 Å². The molecule has 0 unspecified atom stereocenters. The predicted molar refractivity (Wildman–Crippen MR) is 90.2 cm³/mol. The summed E-state index contributed by atoms with van der Waals surface area (Å²) in [5.41, 5.74) is -0.0761. The molecule has 3 fully saturated rings. The molecule has 2 bridgehead atoms. The highest BCUT2D eigenvalue weighted by molar-refractivity contribution is 14.1. The zero-order valence-corrected chi connectivity index (χ0v) is 14.9. The summed E-state index contributed by atoms with van der Waals surface area (Å²) in [4.78, 5) is 31.5. The number of H-pyrrole nitrogens is 1. The molecule has 1 N–H and O–H groups in total. The normalized spacial score (nSPS) is 29.8. The van der Waals surface area contributed by atoms with Crippen LogP contribution in [0.25, 0.3) is 5.52 Å². The van der Waals surface area contributed by atoms with Gasteiger partial charge in [-0.15, -0.1) is 0 Å². The molecule has 0 radical (unpaired) electrons. The van der Waals surface area contributed by atoms with Crippen molar-refractivity contribution in [2.24, 2.45) is 5.41 Å². The number of fused-ring (bicyclic) bond motifs is 4. The summed E-state index contributed by atoms with van der Waals surface area (Å²) in [7, 11) is 1.47. The Morgan fingerprint density at radius 2 is 1.96 bits per heavy atom. The second-order valence-corrected chi connectivity index (χ2v) is 7.68. The van der Waals surface area contributed by atoms with Gasteiger partial charge in [0.15, 0.2) is 5.52 Å². The largest absolute Gasteiger partial charge is 0.469 e. The fraction of sp³-hybridized carbons (Fsp3) is 0.600. The fourth-order valence-electron chi connectivity index (χ4n) is 4.29. The number of ether oxygens (including phenoxy) is 1. The summed E-state index contributed by atoms with van der Waals surface area (Å²) in [6, 6.07) is 0. The lowest BCUT2D eigenvalue weighted by atomic mass is 9.53. The first kappa shape index (κ1) is 15.1. The van der Waals surface area contributed by atoms with Gasteiger partial charge in [-0.2, -0.15) is 5.10 Å². The van der Waals surface area contributed by atoms with Crippen LogP contribution in [0.2, 0.25) is 0 Å². The van der Waals surface area contributed by atoms with Crippen molar-refractivity contribution in [2.75, 3.05) is 7.11 Å². The summed E-state index contributed by atoms with van der Waals surface area (Å²) in [6.45, 7) is 0. The van der Waals surface area contributed by atoms with Crippen molar-refractivity contribution in [1.29, 1.82) is 0 Å². The smallest absolute Gasteiger partial charge is 0.311 e. The number of aromatic amines is 1. The van der Waals surface area contributed by atoms with Crippen molar-refractivity contribution in [2.45, 2.75) is 43.9 Å². The molecule has 122 valence electrons. The fourth-order valence-corrected chi connectivity index (χ4v) is 4.99. The molecule has 3 saturated carbocycles. The van der Waals surface area contributed by atoms with Crippen molar-refractivity contribution >= 4 is 34.1 Å². The number of methoxy groups -OCH3 is 1. The quantitative estimate of drug-likeness (QED) is 0.582. The summed E-state index contributed by atoms with van der Waals surface area (Å²) in [5.74, 6) is 0.782. The Bertz CT molecular complexity index is 831. The van der Waals surface area contributed by atoms with Crippen LogP contribution in [0.15, 0.2) is 11.1 Å². The maximum atomic E-state index is 12.1. The highest BCUT2D eigenvalue weighted by atomic mass is 127. The monoisotopic (exact) mass is 428 g/mol. The van der Waals surface area contributed by atoms with Crippen LogP contribution in [0.1, 0.15) is 44.3 Å². The van der Waals surface area contributed by atoms with E-state index in [-0.39, 0.29) is 22.4 Å². The number of carbonyl (C=O) groups is 1. The van der Waals surface area contributed by atoms with Gasteiger partial charge in [0.05, 0.1) is 12.5 Å². The molecule has 2 aromatic heterocycles. The van der Waals surface area contributed by atoms with Gasteiger partial charge in [0.2, 0.25) is 0 Å². The summed E-state index contributed by atoms with van der Waals surface area (Å²) < 4.78 is 7.39. The maximum absolute atomic E-state index is 12.1. The summed E-state index contributed by atoms with van der Waals surface area (Å²) in [5, 5.41) is 4.32. The Morgan fingerprint density at radius 3 is 2.57 bits per heavy atom. The van der Waals surface area contributed by atoms with Crippen molar-refractivity contribution < 1.29 is 9.53 Å². The number of carbonyl (C=O) groups excluding carboxylic acids is 1. The topological polar surface area (TPSA) is 89.3 Å². The summed E-state index contributed by atoms with van der Waals surface area (Å²) >= 11 is 2.09. The minimum absolute atomic E-state index is 0.0806. The van der Waals surface area contributed by atoms with Crippen LogP contribution >= 0.6 is 22.6 Å². The Kier molecular flexibility index (Phi) is 3.30. The van der Waals surface area contributed by atoms with E-state index in [9.17, 15) is 9.59 Å². The van der Waals surface area contributed by atoms with Crippen LogP contribution in [0.4, 0.5) is 0 Å². The average molecular weight is 428 g/mol. The predicted octanol–water partition coefficient (Wildman–Crippen LogP) is 1.79. The van der Waals surface area contributed by atoms with Gasteiger partial charge < -0.3 is 9.72 Å². The van der Waals surface area contributed by atoms with Gasteiger partial charge in [0.25, 0.3) is 5.56 Å². The van der Waals surface area contributed by atoms with Crippen LogP contribution in [0.5, 0.6) is 0 Å². The first-order chi connectivity index (χ1) is 11.0. The van der Waals surface area contributed by atoms with E-state index in [0.717, 1.165) is 44.3 Å². The molecule has 3 aliphatic rings. The molecule has 3 aliphatic carbocycles. The van der Waals surface area contributed by atoms with E-state index in [1.807, 2.05) is 0 Å². The zero-order valence-electron chi connectivity index (χ0n) is 12.8. The van der Waals surface area contributed by atoms with E-state index in [0.29, 0.717) is 9.22 Å². The third-order valence-electron chi connectivity index (χ3n) is 5.73. The van der Waals surface area contributed by atoms with Gasteiger partial charge in [0.1, 0.15) is 15.9 Å². The van der Waals surface area contributed by atoms with Crippen LogP contribution in [0, 0.1) is 9.12 Å². The molecular formula is C15H17IN4O3. The van der Waals surface area contributed by atoms with E-state index in [2.05, 4.69) is 37.7 Å². The average Bonchev–Trinajstić information content (AvgIpc) is 2.94. The number of hydrogen-bond donors (Lipinski definition) is 1. The Morgan fingerprint density at radius 1 is 1.30 bits per heavy atom. The number of nitrogens with one attached hydrogen (secondary N) is 1. The first-order valence-corrected chi connectivity index (χ1v) is 8.80. The van der Waals surface area contributed by atoms with Gasteiger partial charge >= 0.3 is 5.97 Å². The van der Waals surface area contributed by atoms with Crippen LogP contribution in [0.3, 0.4) is 0 Å². The van der Waals surface area contributed by atoms with Crippen molar-refractivity contribution in [3.8, 4) is 0 Å². The molecule has 0 aliphatic heterocycles. The van der Waals surface area contributed by atoms with Crippen molar-refractivity contribution in [3.05, 3.63) is 26.2 Å². The van der Waals surface area contributed by atoms with E-state index in [1.165, 1.54) is 13.4 Å². The minimum Gasteiger partial charge on any atom is -0.469 e. The van der Waals surface area contributed by atoms with Gasteiger partial charge in [-0.25, -0.2) is 9.50 Å². The molecule has 7 nitrogen and oxygen atoms in total. The maximum Gasteiger partial charge on any atom is 0.311 e. The second-order valence-electron chi connectivity index (χ2n) is 6.66. The van der Waals surface area contributed by atoms with E-state index >= 15 is 0 Å². The van der Waals surface area contributed by atoms with Gasteiger partial charge in [-0.3, -0.25) is 9.59 Å². The van der Waals surface area contributed by atoms with Gasteiger partial charge in [-0.05, 0) is 61.1 Å². The van der Waals surface area contributed by atoms with Gasteiger partial charge in [-0.1, -0.05) is 0 Å². The first-order valence-electron chi connectivity index (χ1n) is 7.72. The number of imidazole rings is 1. The molecular weight excluding hydrogens is 411 g/mol. The zero-order chi connectivity index (χ0) is 16.2. The molecule has 0 saturated heterocycles. The lowest BCUT2D eigenvalue weighted by molar-refractivity contribution is -0.160. The molecule has 0 atom stereocenters. The third kappa shape index (κ3) is 1.99. The Balaban J connectivity index is 1.78. The van der Waals surface area contributed by atoms with Crippen molar-refractivity contribution in [1.82, 2.24) is 19.6 Å². The number of esters is 1. The lowest BCUT2D eigenvalue weighted by Crippen LogP contribution is -2.49. The van der Waals surface area contributed by atoms with Crippen LogP contribution in [-0.4, -0.2) is 32.7 Å². The number of hydrogen-bond acceptors (Lipinski definition) is 5. The van der Waals surface area contributed by atoms with Crippen molar-refractivity contribution in [3.63, 3.8) is 0 Å². The molecule has 5 rings (SSSR count). The molecule has 0 spiro atoms. The molecule has 0 aromatic carbocycles. The lowest BCUT2D eigenvalue weighted by Gasteiger charge is -2.50. The van der Waals surface area contributed by atoms with E-state index < -0.39 is 0 Å². The molecule has 2 aromatic rings. The SMILES string of the molecule is COC(=O)C12CCC(c3nc(I)c4c(=O)[nH]cnn34)(CC1)CC2. The standard InChI is InChI=1S/C15H17IN4O3/c1-23-13(22)15-5-2-14(3-6-15,4-7-15)12-19-10(16)9-11(21)17-8-18-20(9)12/h8H,2-7H2,1H3,(H,17,18,21). The van der Waals surface area contributed by atoms with Gasteiger partial charge in [0, 0.05) is 5.41 Å². The summed E-state index contributed by atoms with van der Waals surface area (Å²) in [6.07, 6.45) is 6.50. The number of rotatable bonds is 2. The van der Waals surface area contributed by atoms with Crippen LogP contribution in [-0.2, 0) is 14.9 Å². The molecule has 23 heavy (non-hydrogen) atoms. The highest BCUT2D eigenvalue weighted by Crippen LogP contribution is 2.57. The second kappa shape index (κ2) is 5.02. The Labute approximate surface area is 146 Å². The molecule has 8 heteroatoms. The molecule has 0 amide bonds. The number of halogens is 1. The minimum atomic E-state index is -0.318. The number of nitrogens with zero attached hydrogens (tertiary/aromatic N) is 3. The molecule has 2 heterocycles. The number of aromatic nitrogens is 4. The van der Waals surface area contributed by atoms with Crippen LogP contribution < -0.4 is 5.56 Å².